The number of hydrazone groups is 1. The molecule has 1 heterocycles. The van der Waals surface area contributed by atoms with Crippen LogP contribution in [0.1, 0.15) is 26.7 Å². The first-order valence-electron chi connectivity index (χ1n) is 9.47. The first-order chi connectivity index (χ1) is 14.0. The van der Waals surface area contributed by atoms with Crippen LogP contribution in [0.2, 0.25) is 0 Å². The monoisotopic (exact) mass is 393 g/mol. The highest BCUT2D eigenvalue weighted by Crippen LogP contribution is 2.20. The third kappa shape index (κ3) is 4.87. The van der Waals surface area contributed by atoms with Crippen molar-refractivity contribution in [3.63, 3.8) is 0 Å². The summed E-state index contributed by atoms with van der Waals surface area (Å²) in [4.78, 5) is 38.8. The lowest BCUT2D eigenvalue weighted by Gasteiger charge is -2.27. The number of ether oxygens (including phenoxy) is 1. The van der Waals surface area contributed by atoms with Crippen molar-refractivity contribution >= 4 is 34.9 Å². The van der Waals surface area contributed by atoms with E-state index in [0.717, 1.165) is 5.69 Å². The minimum atomic E-state index is -0.691. The molecule has 1 aliphatic rings. The predicted octanol–water partition coefficient (Wildman–Crippen LogP) is 3.15. The molecule has 7 heteroatoms. The van der Waals surface area contributed by atoms with Crippen LogP contribution in [-0.4, -0.2) is 36.1 Å². The van der Waals surface area contributed by atoms with Gasteiger partial charge in [-0.15, -0.1) is 0 Å². The van der Waals surface area contributed by atoms with Gasteiger partial charge in [0.2, 0.25) is 5.91 Å². The Labute approximate surface area is 169 Å². The molecule has 2 amide bonds. The molecule has 7 nitrogen and oxygen atoms in total. The summed E-state index contributed by atoms with van der Waals surface area (Å²) in [5.41, 5.74) is 1.44. The van der Waals surface area contributed by atoms with Crippen molar-refractivity contribution in [2.75, 3.05) is 16.5 Å². The number of anilines is 2. The van der Waals surface area contributed by atoms with Crippen LogP contribution in [-0.2, 0) is 19.1 Å². The van der Waals surface area contributed by atoms with Crippen molar-refractivity contribution in [2.24, 2.45) is 5.10 Å². The lowest BCUT2D eigenvalue weighted by Crippen LogP contribution is -2.41. The Bertz CT molecular complexity index is 910. The number of nitrogens with zero attached hydrogens (tertiary/aromatic N) is 3. The molecule has 0 saturated heterocycles. The standard InChI is InChI=1S/C22H23N3O4/c1-16(2)24(17-9-5-3-6-10-17)21(27)15-29-22(28)19-13-14-20(26)25(23-19)18-11-7-4-8-12-18/h3-12,16H,13-15H2,1-2H3. The fourth-order valence-electron chi connectivity index (χ4n) is 3.07. The van der Waals surface area contributed by atoms with Crippen LogP contribution in [0.15, 0.2) is 65.8 Å². The summed E-state index contributed by atoms with van der Waals surface area (Å²) in [6.45, 7) is 3.38. The third-order valence-electron chi connectivity index (χ3n) is 4.42. The van der Waals surface area contributed by atoms with Crippen LogP contribution >= 0.6 is 0 Å². The van der Waals surface area contributed by atoms with Gasteiger partial charge >= 0.3 is 5.97 Å². The van der Waals surface area contributed by atoms with Gasteiger partial charge in [-0.1, -0.05) is 36.4 Å². The zero-order valence-corrected chi connectivity index (χ0v) is 16.4. The number of hydrogen-bond acceptors (Lipinski definition) is 5. The molecular formula is C22H23N3O4. The van der Waals surface area contributed by atoms with Crippen LogP contribution in [0, 0.1) is 0 Å². The third-order valence-corrected chi connectivity index (χ3v) is 4.42. The number of para-hydroxylation sites is 2. The molecule has 0 unspecified atom stereocenters. The zero-order chi connectivity index (χ0) is 20.8. The average molecular weight is 393 g/mol. The quantitative estimate of drug-likeness (QED) is 0.706. The maximum Gasteiger partial charge on any atom is 0.355 e. The molecule has 0 bridgehead atoms. The van der Waals surface area contributed by atoms with Gasteiger partial charge in [0, 0.05) is 24.6 Å². The predicted molar refractivity (Wildman–Crippen MR) is 111 cm³/mol. The van der Waals surface area contributed by atoms with E-state index in [1.54, 1.807) is 29.2 Å². The highest BCUT2D eigenvalue weighted by Gasteiger charge is 2.27. The molecule has 0 atom stereocenters. The lowest BCUT2D eigenvalue weighted by atomic mass is 10.1. The maximum atomic E-state index is 12.7. The van der Waals surface area contributed by atoms with Gasteiger partial charge in [0.25, 0.3) is 5.91 Å². The molecule has 0 radical (unpaired) electrons. The molecule has 3 rings (SSSR count). The molecule has 0 saturated carbocycles. The van der Waals surface area contributed by atoms with E-state index in [-0.39, 0.29) is 36.4 Å². The smallest absolute Gasteiger partial charge is 0.355 e. The van der Waals surface area contributed by atoms with Gasteiger partial charge in [0.15, 0.2) is 6.61 Å². The molecule has 0 spiro atoms. The summed E-state index contributed by atoms with van der Waals surface area (Å²) in [5.74, 6) is -1.21. The number of esters is 1. The Morgan fingerprint density at radius 2 is 1.66 bits per heavy atom. The summed E-state index contributed by atoms with van der Waals surface area (Å²) >= 11 is 0. The van der Waals surface area contributed by atoms with E-state index in [4.69, 9.17) is 4.74 Å². The van der Waals surface area contributed by atoms with Crippen LogP contribution in [0.25, 0.3) is 0 Å². The summed E-state index contributed by atoms with van der Waals surface area (Å²) in [7, 11) is 0. The van der Waals surface area contributed by atoms with E-state index in [9.17, 15) is 14.4 Å². The van der Waals surface area contributed by atoms with E-state index in [1.165, 1.54) is 5.01 Å². The second-order valence-electron chi connectivity index (χ2n) is 6.86. The largest absolute Gasteiger partial charge is 0.451 e. The Hall–Kier alpha value is -3.48. The van der Waals surface area contributed by atoms with Crippen molar-refractivity contribution in [1.29, 1.82) is 0 Å². The number of carbonyl (C=O) groups excluding carboxylic acids is 3. The van der Waals surface area contributed by atoms with Crippen molar-refractivity contribution < 1.29 is 19.1 Å². The van der Waals surface area contributed by atoms with Crippen LogP contribution in [0.4, 0.5) is 11.4 Å². The van der Waals surface area contributed by atoms with E-state index in [2.05, 4.69) is 5.10 Å². The van der Waals surface area contributed by atoms with Gasteiger partial charge in [0.1, 0.15) is 5.71 Å². The number of amides is 2. The second kappa shape index (κ2) is 9.14. The van der Waals surface area contributed by atoms with Gasteiger partial charge in [-0.2, -0.15) is 5.10 Å². The highest BCUT2D eigenvalue weighted by molar-refractivity contribution is 6.38. The minimum Gasteiger partial charge on any atom is -0.451 e. The molecule has 0 aromatic heterocycles. The molecule has 0 fully saturated rings. The fourth-order valence-corrected chi connectivity index (χ4v) is 3.07. The molecule has 29 heavy (non-hydrogen) atoms. The van der Waals surface area contributed by atoms with Crippen molar-refractivity contribution in [2.45, 2.75) is 32.7 Å². The normalized spacial score (nSPS) is 13.8. The number of hydrogen-bond donors (Lipinski definition) is 0. The van der Waals surface area contributed by atoms with Crippen LogP contribution in [0.3, 0.4) is 0 Å². The van der Waals surface area contributed by atoms with Crippen molar-refractivity contribution in [1.82, 2.24) is 0 Å². The van der Waals surface area contributed by atoms with E-state index >= 15 is 0 Å². The molecular weight excluding hydrogens is 370 g/mol. The van der Waals surface area contributed by atoms with Gasteiger partial charge in [-0.05, 0) is 38.1 Å². The van der Waals surface area contributed by atoms with Crippen molar-refractivity contribution in [3.8, 4) is 0 Å². The van der Waals surface area contributed by atoms with Crippen LogP contribution in [0.5, 0.6) is 0 Å². The fraction of sp³-hybridized carbons (Fsp3) is 0.273. The summed E-state index contributed by atoms with van der Waals surface area (Å²) in [6, 6.07) is 18.0. The van der Waals surface area contributed by atoms with Gasteiger partial charge in [-0.3, -0.25) is 9.59 Å². The van der Waals surface area contributed by atoms with Crippen molar-refractivity contribution in [3.05, 3.63) is 60.7 Å². The molecule has 0 N–H and O–H groups in total. The Kier molecular flexibility index (Phi) is 6.39. The number of benzene rings is 2. The highest BCUT2D eigenvalue weighted by atomic mass is 16.5. The van der Waals surface area contributed by atoms with Crippen LogP contribution < -0.4 is 9.91 Å². The lowest BCUT2D eigenvalue weighted by molar-refractivity contribution is -0.141. The second-order valence-corrected chi connectivity index (χ2v) is 6.86. The first-order valence-corrected chi connectivity index (χ1v) is 9.47. The molecule has 1 aliphatic heterocycles. The van der Waals surface area contributed by atoms with Gasteiger partial charge < -0.3 is 9.64 Å². The molecule has 0 aliphatic carbocycles. The molecule has 2 aromatic rings. The number of carbonyl (C=O) groups is 3. The maximum absolute atomic E-state index is 12.7. The Morgan fingerprint density at radius 1 is 1.03 bits per heavy atom. The van der Waals surface area contributed by atoms with Gasteiger partial charge in [-0.25, -0.2) is 9.80 Å². The summed E-state index contributed by atoms with van der Waals surface area (Å²) in [5, 5.41) is 5.35. The number of rotatable bonds is 6. The Morgan fingerprint density at radius 3 is 2.28 bits per heavy atom. The topological polar surface area (TPSA) is 79.3 Å². The minimum absolute atomic E-state index is 0.0955. The summed E-state index contributed by atoms with van der Waals surface area (Å²) < 4.78 is 5.22. The van der Waals surface area contributed by atoms with E-state index in [1.807, 2.05) is 50.2 Å². The zero-order valence-electron chi connectivity index (χ0n) is 16.4. The molecule has 2 aromatic carbocycles. The first kappa shape index (κ1) is 20.3. The summed E-state index contributed by atoms with van der Waals surface area (Å²) in [6.07, 6.45) is 0.334. The Balaban J connectivity index is 1.68. The average Bonchev–Trinajstić information content (AvgIpc) is 2.73. The molecule has 150 valence electrons. The van der Waals surface area contributed by atoms with Gasteiger partial charge in [0.05, 0.1) is 5.69 Å². The van der Waals surface area contributed by atoms with E-state index in [0.29, 0.717) is 5.69 Å². The SMILES string of the molecule is CC(C)N(C(=O)COC(=O)C1=NN(c2ccccc2)C(=O)CC1)c1ccccc1. The van der Waals surface area contributed by atoms with E-state index < -0.39 is 12.6 Å².